The largest absolute Gasteiger partial charge is 0.416 e. The van der Waals surface area contributed by atoms with E-state index in [2.05, 4.69) is 15.3 Å². The van der Waals surface area contributed by atoms with E-state index < -0.39 is 31.5 Å². The number of hydrogen-bond donors (Lipinski definition) is 1. The van der Waals surface area contributed by atoms with Crippen LogP contribution in [0.5, 0.6) is 0 Å². The van der Waals surface area contributed by atoms with Gasteiger partial charge in [0, 0.05) is 31.3 Å². The zero-order valence-corrected chi connectivity index (χ0v) is 18.1. The number of fused-ring (bicyclic) bond motifs is 1. The first-order chi connectivity index (χ1) is 15.6. The summed E-state index contributed by atoms with van der Waals surface area (Å²) in [5, 5.41) is 2.18. The van der Waals surface area contributed by atoms with Gasteiger partial charge in [-0.1, -0.05) is 23.7 Å². The number of carbonyl (C=O) groups excluding carboxylic acids is 1. The average molecular weight is 495 g/mol. The lowest BCUT2D eigenvalue weighted by atomic mass is 10.2. The van der Waals surface area contributed by atoms with Crippen LogP contribution in [-0.4, -0.2) is 28.7 Å². The topological polar surface area (TPSA) is 93.4 Å². The summed E-state index contributed by atoms with van der Waals surface area (Å²) in [5.41, 5.74) is -0.117. The highest BCUT2D eigenvalue weighted by Gasteiger charge is 2.32. The number of nitrogens with one attached hydrogen (secondary N) is 1. The van der Waals surface area contributed by atoms with E-state index in [9.17, 15) is 26.4 Å². The zero-order valence-electron chi connectivity index (χ0n) is 16.5. The molecule has 0 bridgehead atoms. The maximum Gasteiger partial charge on any atom is 0.416 e. The highest BCUT2D eigenvalue weighted by Crippen LogP contribution is 2.35. The first-order valence-corrected chi connectivity index (χ1v) is 11.2. The molecule has 12 heteroatoms. The van der Waals surface area contributed by atoms with Crippen molar-refractivity contribution in [3.8, 4) is 0 Å². The number of sulfone groups is 1. The molecule has 0 fully saturated rings. The van der Waals surface area contributed by atoms with Crippen LogP contribution in [0.1, 0.15) is 21.5 Å². The van der Waals surface area contributed by atoms with Crippen LogP contribution in [0, 0.1) is 0 Å². The van der Waals surface area contributed by atoms with Crippen LogP contribution in [0.15, 0.2) is 77.0 Å². The van der Waals surface area contributed by atoms with E-state index in [1.54, 1.807) is 23.0 Å². The molecule has 2 aromatic carbocycles. The Labute approximate surface area is 190 Å². The number of aromatic nitrogens is 3. The van der Waals surface area contributed by atoms with Crippen molar-refractivity contribution in [2.24, 2.45) is 0 Å². The van der Waals surface area contributed by atoms with Gasteiger partial charge >= 0.3 is 6.18 Å². The second-order valence-electron chi connectivity index (χ2n) is 6.95. The van der Waals surface area contributed by atoms with Gasteiger partial charge in [0.1, 0.15) is 0 Å². The molecule has 4 aromatic rings. The minimum atomic E-state index is -4.64. The minimum Gasteiger partial charge on any atom is -0.348 e. The van der Waals surface area contributed by atoms with Gasteiger partial charge in [0.2, 0.25) is 15.6 Å². The lowest BCUT2D eigenvalue weighted by molar-refractivity contribution is -0.137. The van der Waals surface area contributed by atoms with Gasteiger partial charge in [0.05, 0.1) is 25.9 Å². The first-order valence-electron chi connectivity index (χ1n) is 9.33. The van der Waals surface area contributed by atoms with Crippen molar-refractivity contribution in [1.29, 1.82) is 0 Å². The van der Waals surface area contributed by atoms with E-state index in [4.69, 9.17) is 11.6 Å². The molecule has 0 aliphatic heterocycles. The van der Waals surface area contributed by atoms with Crippen molar-refractivity contribution in [3.05, 3.63) is 89.0 Å². The third kappa shape index (κ3) is 4.69. The molecule has 0 saturated heterocycles. The molecule has 1 N–H and O–H groups in total. The molecule has 0 radical (unpaired) electrons. The predicted molar refractivity (Wildman–Crippen MR) is 113 cm³/mol. The fraction of sp³-hybridized carbons (Fsp3) is 0.0952. The van der Waals surface area contributed by atoms with Crippen LogP contribution >= 0.6 is 11.6 Å². The van der Waals surface area contributed by atoms with Gasteiger partial charge in [0.25, 0.3) is 5.91 Å². The second kappa shape index (κ2) is 8.49. The number of nitrogens with zero attached hydrogens (tertiary/aromatic N) is 3. The summed E-state index contributed by atoms with van der Waals surface area (Å²) in [6.45, 7) is 0.113. The van der Waals surface area contributed by atoms with Crippen molar-refractivity contribution < 1.29 is 26.4 Å². The number of amides is 1. The number of rotatable bonds is 5. The number of alkyl halides is 3. The highest BCUT2D eigenvalue weighted by atomic mass is 35.5. The lowest BCUT2D eigenvalue weighted by Crippen LogP contribution is -2.23. The van der Waals surface area contributed by atoms with Crippen molar-refractivity contribution in [1.82, 2.24) is 19.7 Å². The third-order valence-electron chi connectivity index (χ3n) is 4.74. The Morgan fingerprint density at radius 2 is 1.82 bits per heavy atom. The van der Waals surface area contributed by atoms with Gasteiger partial charge in [-0.05, 0) is 35.9 Å². The fourth-order valence-electron chi connectivity index (χ4n) is 3.03. The Balaban J connectivity index is 1.47. The molecule has 7 nitrogen and oxygen atoms in total. The number of benzene rings is 2. The number of carbonyl (C=O) groups is 1. The van der Waals surface area contributed by atoms with Crippen LogP contribution in [0.2, 0.25) is 5.02 Å². The summed E-state index contributed by atoms with van der Waals surface area (Å²) < 4.78 is 65.7. The standard InChI is InChI=1S/C21H14ClF3N4O3S/c22-17-9-15(21(23,24)25)3-6-18(17)33(31,32)16-4-1-13(2-5-16)10-27-19(30)14-11-28-20-26-7-8-29(20)12-14/h1-9,11-12H,10H2,(H,27,30). The maximum absolute atomic E-state index is 12.8. The molecule has 2 aromatic heterocycles. The summed E-state index contributed by atoms with van der Waals surface area (Å²) in [5.74, 6) is 0.0721. The van der Waals surface area contributed by atoms with Crippen LogP contribution in [0.25, 0.3) is 5.78 Å². The summed E-state index contributed by atoms with van der Waals surface area (Å²) >= 11 is 5.84. The van der Waals surface area contributed by atoms with Gasteiger partial charge in [-0.25, -0.2) is 18.4 Å². The van der Waals surface area contributed by atoms with Crippen molar-refractivity contribution in [2.45, 2.75) is 22.5 Å². The Kier molecular flexibility index (Phi) is 5.85. The van der Waals surface area contributed by atoms with E-state index in [0.29, 0.717) is 29.0 Å². The molecule has 0 aliphatic carbocycles. The van der Waals surface area contributed by atoms with E-state index >= 15 is 0 Å². The Bertz CT molecular complexity index is 1450. The van der Waals surface area contributed by atoms with E-state index in [1.807, 2.05) is 0 Å². The van der Waals surface area contributed by atoms with Crippen molar-refractivity contribution >= 4 is 33.1 Å². The summed E-state index contributed by atoms with van der Waals surface area (Å²) in [6, 6.07) is 7.64. The second-order valence-corrected chi connectivity index (χ2v) is 9.28. The molecule has 0 saturated carbocycles. The molecule has 0 unspecified atom stereocenters. The Morgan fingerprint density at radius 3 is 2.48 bits per heavy atom. The van der Waals surface area contributed by atoms with Gasteiger partial charge in [-0.15, -0.1) is 0 Å². The quantitative estimate of drug-likeness (QED) is 0.449. The normalized spacial score (nSPS) is 12.1. The van der Waals surface area contributed by atoms with Gasteiger partial charge < -0.3 is 5.32 Å². The van der Waals surface area contributed by atoms with Crippen LogP contribution < -0.4 is 5.32 Å². The average Bonchev–Trinajstić information content (AvgIpc) is 3.25. The van der Waals surface area contributed by atoms with Crippen molar-refractivity contribution in [3.63, 3.8) is 0 Å². The van der Waals surface area contributed by atoms with Crippen LogP contribution in [0.3, 0.4) is 0 Å². The molecule has 1 amide bonds. The van der Waals surface area contributed by atoms with E-state index in [1.165, 1.54) is 30.5 Å². The summed E-state index contributed by atoms with van der Waals surface area (Å²) in [4.78, 5) is 19.8. The Morgan fingerprint density at radius 1 is 1.09 bits per heavy atom. The van der Waals surface area contributed by atoms with Crippen LogP contribution in [0.4, 0.5) is 13.2 Å². The minimum absolute atomic E-state index is 0.113. The van der Waals surface area contributed by atoms with E-state index in [0.717, 1.165) is 6.07 Å². The predicted octanol–water partition coefficient (Wildman–Crippen LogP) is 4.16. The van der Waals surface area contributed by atoms with Gasteiger partial charge in [-0.3, -0.25) is 9.20 Å². The van der Waals surface area contributed by atoms with Crippen LogP contribution in [-0.2, 0) is 22.6 Å². The molecule has 0 spiro atoms. The lowest BCUT2D eigenvalue weighted by Gasteiger charge is -2.11. The van der Waals surface area contributed by atoms with Crippen molar-refractivity contribution in [2.75, 3.05) is 0 Å². The smallest absolute Gasteiger partial charge is 0.348 e. The highest BCUT2D eigenvalue weighted by molar-refractivity contribution is 7.91. The summed E-state index contributed by atoms with van der Waals surface area (Å²) in [7, 11) is -4.14. The molecule has 33 heavy (non-hydrogen) atoms. The fourth-order valence-corrected chi connectivity index (χ4v) is 4.82. The molecule has 4 rings (SSSR count). The molecule has 170 valence electrons. The summed E-state index contributed by atoms with van der Waals surface area (Å²) in [6.07, 6.45) is 1.53. The monoisotopic (exact) mass is 494 g/mol. The number of hydrogen-bond acceptors (Lipinski definition) is 5. The number of halogens is 4. The molecule has 0 atom stereocenters. The van der Waals surface area contributed by atoms with Gasteiger partial charge in [-0.2, -0.15) is 13.2 Å². The van der Waals surface area contributed by atoms with E-state index in [-0.39, 0.29) is 17.3 Å². The zero-order chi connectivity index (χ0) is 23.8. The maximum atomic E-state index is 12.8. The molecular weight excluding hydrogens is 481 g/mol. The molecular formula is C21H14ClF3N4O3S. The third-order valence-corrected chi connectivity index (χ3v) is 7.00. The SMILES string of the molecule is O=C(NCc1ccc(S(=O)(=O)c2ccc(C(F)(F)F)cc2Cl)cc1)c1cnc2nccn2c1. The van der Waals surface area contributed by atoms with Gasteiger partial charge in [0.15, 0.2) is 0 Å². The first kappa shape index (κ1) is 22.7. The number of imidazole rings is 1. The molecule has 0 aliphatic rings. The molecule has 2 heterocycles. The Hall–Kier alpha value is -3.44.